The third-order valence-electron chi connectivity index (χ3n) is 2.66. The van der Waals surface area contributed by atoms with Gasteiger partial charge in [0, 0.05) is 4.47 Å². The molecule has 2 aromatic carbocycles. The molecule has 2 aromatic rings. The van der Waals surface area contributed by atoms with Gasteiger partial charge in [-0.2, -0.15) is 5.26 Å². The largest absolute Gasteiger partial charge is 0.493 e. The summed E-state index contributed by atoms with van der Waals surface area (Å²) in [5.41, 5.74) is 0.432. The summed E-state index contributed by atoms with van der Waals surface area (Å²) in [5.74, 6) is 1.94. The Labute approximate surface area is 125 Å². The van der Waals surface area contributed by atoms with Gasteiger partial charge in [-0.15, -0.1) is 0 Å². The number of halogens is 1. The van der Waals surface area contributed by atoms with Crippen LogP contribution in [0.3, 0.4) is 0 Å². The van der Waals surface area contributed by atoms with E-state index < -0.39 is 0 Å². The van der Waals surface area contributed by atoms with Gasteiger partial charge in [-0.05, 0) is 30.3 Å². The number of hydrogen-bond donors (Lipinski definition) is 0. The van der Waals surface area contributed by atoms with Gasteiger partial charge in [-0.25, -0.2) is 0 Å². The van der Waals surface area contributed by atoms with E-state index in [9.17, 15) is 0 Å². The Kier molecular flexibility index (Phi) is 4.49. The lowest BCUT2D eigenvalue weighted by Gasteiger charge is -2.14. The summed E-state index contributed by atoms with van der Waals surface area (Å²) in [4.78, 5) is 0. The average molecular weight is 334 g/mol. The molecule has 0 bridgehead atoms. The minimum atomic E-state index is 0.432. The standard InChI is InChI=1S/C15H12BrNO3/c1-18-12-4-3-5-13(19-2)15(12)20-14-8-11(16)7-6-10(14)9-17/h3-8H,1-2H3. The Hall–Kier alpha value is -2.19. The highest BCUT2D eigenvalue weighted by molar-refractivity contribution is 9.10. The molecular weight excluding hydrogens is 322 g/mol. The van der Waals surface area contributed by atoms with Crippen LogP contribution < -0.4 is 14.2 Å². The van der Waals surface area contributed by atoms with E-state index in [1.54, 1.807) is 50.6 Å². The quantitative estimate of drug-likeness (QED) is 0.844. The Morgan fingerprint density at radius 1 is 1.00 bits per heavy atom. The average Bonchev–Trinajstić information content (AvgIpc) is 2.47. The molecule has 0 unspecified atom stereocenters. The number of methoxy groups -OCH3 is 2. The molecule has 0 aliphatic rings. The number of nitriles is 1. The molecule has 0 N–H and O–H groups in total. The number of benzene rings is 2. The van der Waals surface area contributed by atoms with Crippen LogP contribution >= 0.6 is 15.9 Å². The van der Waals surface area contributed by atoms with Gasteiger partial charge in [0.05, 0.1) is 19.8 Å². The van der Waals surface area contributed by atoms with Gasteiger partial charge < -0.3 is 14.2 Å². The summed E-state index contributed by atoms with van der Waals surface area (Å²) >= 11 is 3.36. The minimum Gasteiger partial charge on any atom is -0.493 e. The van der Waals surface area contributed by atoms with Crippen molar-refractivity contribution < 1.29 is 14.2 Å². The highest BCUT2D eigenvalue weighted by Crippen LogP contribution is 2.41. The van der Waals surface area contributed by atoms with E-state index >= 15 is 0 Å². The van der Waals surface area contributed by atoms with Crippen molar-refractivity contribution in [3.63, 3.8) is 0 Å². The SMILES string of the molecule is COc1cccc(OC)c1Oc1cc(Br)ccc1C#N. The van der Waals surface area contributed by atoms with Gasteiger partial charge in [0.25, 0.3) is 0 Å². The van der Waals surface area contributed by atoms with Gasteiger partial charge in [-0.1, -0.05) is 22.0 Å². The van der Waals surface area contributed by atoms with Crippen LogP contribution in [0, 0.1) is 11.3 Å². The van der Waals surface area contributed by atoms with Gasteiger partial charge in [0.2, 0.25) is 5.75 Å². The molecule has 0 aromatic heterocycles. The first-order valence-electron chi connectivity index (χ1n) is 5.78. The zero-order valence-electron chi connectivity index (χ0n) is 11.0. The molecule has 0 aliphatic heterocycles. The molecule has 0 atom stereocenters. The van der Waals surface area contributed by atoms with Crippen LogP contribution in [0.1, 0.15) is 5.56 Å². The fourth-order valence-corrected chi connectivity index (χ4v) is 2.04. The van der Waals surface area contributed by atoms with Crippen LogP contribution in [-0.4, -0.2) is 14.2 Å². The van der Waals surface area contributed by atoms with E-state index in [-0.39, 0.29) is 0 Å². The molecule has 0 aliphatic carbocycles. The van der Waals surface area contributed by atoms with Crippen molar-refractivity contribution in [1.29, 1.82) is 5.26 Å². The molecule has 2 rings (SSSR count). The second-order valence-corrected chi connectivity index (χ2v) is 4.76. The van der Waals surface area contributed by atoms with Crippen molar-refractivity contribution in [2.24, 2.45) is 0 Å². The second kappa shape index (κ2) is 6.31. The Morgan fingerprint density at radius 3 is 2.20 bits per heavy atom. The van der Waals surface area contributed by atoms with Crippen molar-refractivity contribution in [3.8, 4) is 29.1 Å². The fourth-order valence-electron chi connectivity index (χ4n) is 1.70. The van der Waals surface area contributed by atoms with Crippen LogP contribution in [0.25, 0.3) is 0 Å². The van der Waals surface area contributed by atoms with Crippen LogP contribution in [-0.2, 0) is 0 Å². The highest BCUT2D eigenvalue weighted by atomic mass is 79.9. The number of ether oxygens (including phenoxy) is 3. The van der Waals surface area contributed by atoms with Crippen LogP contribution in [0.15, 0.2) is 40.9 Å². The topological polar surface area (TPSA) is 51.5 Å². The fraction of sp³-hybridized carbons (Fsp3) is 0.133. The highest BCUT2D eigenvalue weighted by Gasteiger charge is 2.14. The second-order valence-electron chi connectivity index (χ2n) is 3.85. The van der Waals surface area contributed by atoms with E-state index in [0.29, 0.717) is 28.6 Å². The molecular formula is C15H12BrNO3. The number of nitrogens with zero attached hydrogens (tertiary/aromatic N) is 1. The molecule has 20 heavy (non-hydrogen) atoms. The molecule has 5 heteroatoms. The van der Waals surface area contributed by atoms with E-state index in [2.05, 4.69) is 22.0 Å². The summed E-state index contributed by atoms with van der Waals surface area (Å²) in [6.45, 7) is 0. The normalized spacial score (nSPS) is 9.70. The number of rotatable bonds is 4. The van der Waals surface area contributed by atoms with Crippen molar-refractivity contribution in [2.45, 2.75) is 0 Å². The van der Waals surface area contributed by atoms with E-state index in [0.717, 1.165) is 4.47 Å². The third-order valence-corrected chi connectivity index (χ3v) is 3.15. The maximum atomic E-state index is 9.13. The van der Waals surface area contributed by atoms with E-state index in [1.807, 2.05) is 0 Å². The van der Waals surface area contributed by atoms with Gasteiger partial charge in [-0.3, -0.25) is 0 Å². The summed E-state index contributed by atoms with van der Waals surface area (Å²) in [6.07, 6.45) is 0. The Morgan fingerprint density at radius 2 is 1.65 bits per heavy atom. The zero-order valence-corrected chi connectivity index (χ0v) is 12.6. The Balaban J connectivity index is 2.50. The maximum Gasteiger partial charge on any atom is 0.211 e. The van der Waals surface area contributed by atoms with Gasteiger partial charge >= 0.3 is 0 Å². The van der Waals surface area contributed by atoms with Crippen LogP contribution in [0.5, 0.6) is 23.0 Å². The summed E-state index contributed by atoms with van der Waals surface area (Å²) in [6, 6.07) is 12.6. The molecule has 0 spiro atoms. The predicted octanol–water partition coefficient (Wildman–Crippen LogP) is 4.13. The van der Waals surface area contributed by atoms with E-state index in [1.165, 1.54) is 0 Å². The van der Waals surface area contributed by atoms with Gasteiger partial charge in [0.1, 0.15) is 11.8 Å². The van der Waals surface area contributed by atoms with Gasteiger partial charge in [0.15, 0.2) is 11.5 Å². The van der Waals surface area contributed by atoms with Crippen molar-refractivity contribution in [2.75, 3.05) is 14.2 Å². The number of hydrogen-bond acceptors (Lipinski definition) is 4. The first-order chi connectivity index (χ1) is 9.69. The monoisotopic (exact) mass is 333 g/mol. The number of para-hydroxylation sites is 1. The van der Waals surface area contributed by atoms with Crippen molar-refractivity contribution in [1.82, 2.24) is 0 Å². The van der Waals surface area contributed by atoms with Crippen LogP contribution in [0.4, 0.5) is 0 Å². The van der Waals surface area contributed by atoms with E-state index in [4.69, 9.17) is 19.5 Å². The molecule has 4 nitrogen and oxygen atoms in total. The molecule has 0 saturated heterocycles. The maximum absolute atomic E-state index is 9.13. The van der Waals surface area contributed by atoms with Crippen LogP contribution in [0.2, 0.25) is 0 Å². The predicted molar refractivity (Wildman–Crippen MR) is 78.5 cm³/mol. The molecule has 0 amide bonds. The molecule has 0 saturated carbocycles. The molecule has 0 fully saturated rings. The van der Waals surface area contributed by atoms with Crippen molar-refractivity contribution >= 4 is 15.9 Å². The lowest BCUT2D eigenvalue weighted by Crippen LogP contribution is -1.95. The molecule has 0 heterocycles. The Bertz CT molecular complexity index is 642. The smallest absolute Gasteiger partial charge is 0.211 e. The summed E-state index contributed by atoms with van der Waals surface area (Å²) in [5, 5.41) is 9.13. The first-order valence-corrected chi connectivity index (χ1v) is 6.57. The molecule has 102 valence electrons. The third kappa shape index (κ3) is 2.86. The molecule has 0 radical (unpaired) electrons. The van der Waals surface area contributed by atoms with Crippen molar-refractivity contribution in [3.05, 3.63) is 46.4 Å². The first kappa shape index (κ1) is 14.2. The lowest BCUT2D eigenvalue weighted by molar-refractivity contribution is 0.346. The minimum absolute atomic E-state index is 0.432. The summed E-state index contributed by atoms with van der Waals surface area (Å²) < 4.78 is 17.2. The lowest BCUT2D eigenvalue weighted by atomic mass is 10.2. The summed E-state index contributed by atoms with van der Waals surface area (Å²) in [7, 11) is 3.10. The zero-order chi connectivity index (χ0) is 14.5.